The normalized spacial score (nSPS) is 27.8. The largest absolute Gasteiger partial charge is 0.372 e. The first-order valence-corrected chi connectivity index (χ1v) is 8.66. The Hall–Kier alpha value is -0.0800. The minimum Gasteiger partial charge on any atom is -0.372 e. The van der Waals surface area contributed by atoms with E-state index in [9.17, 15) is 0 Å². The van der Waals surface area contributed by atoms with Crippen LogP contribution in [0.2, 0.25) is 0 Å². The van der Waals surface area contributed by atoms with Crippen LogP contribution in [0.1, 0.15) is 78.1 Å². The summed E-state index contributed by atoms with van der Waals surface area (Å²) < 4.78 is 6.50. The monoisotopic (exact) mass is 267 g/mol. The summed E-state index contributed by atoms with van der Waals surface area (Å²) in [7, 11) is 0. The molecule has 112 valence electrons. The van der Waals surface area contributed by atoms with Gasteiger partial charge in [0.25, 0.3) is 0 Å². The predicted molar refractivity (Wildman–Crippen MR) is 81.5 cm³/mol. The zero-order valence-electron chi connectivity index (χ0n) is 13.0. The maximum atomic E-state index is 6.50. The van der Waals surface area contributed by atoms with E-state index in [1.165, 1.54) is 70.8 Å². The average molecular weight is 267 g/mol. The molecule has 1 saturated carbocycles. The van der Waals surface area contributed by atoms with Gasteiger partial charge in [-0.15, -0.1) is 0 Å². The Bertz CT molecular complexity index is 248. The van der Waals surface area contributed by atoms with Gasteiger partial charge in [0.1, 0.15) is 0 Å². The first-order chi connectivity index (χ1) is 9.28. The van der Waals surface area contributed by atoms with Crippen molar-refractivity contribution in [2.24, 2.45) is 5.92 Å². The van der Waals surface area contributed by atoms with Crippen LogP contribution in [-0.2, 0) is 4.74 Å². The fourth-order valence-corrected chi connectivity index (χ4v) is 3.87. The molecule has 0 aromatic carbocycles. The van der Waals surface area contributed by atoms with Crippen molar-refractivity contribution >= 4 is 0 Å². The molecule has 2 unspecified atom stereocenters. The molecule has 2 atom stereocenters. The van der Waals surface area contributed by atoms with Crippen LogP contribution in [0, 0.1) is 5.92 Å². The Morgan fingerprint density at radius 3 is 2.63 bits per heavy atom. The summed E-state index contributed by atoms with van der Waals surface area (Å²) in [5.74, 6) is 0.801. The van der Waals surface area contributed by atoms with Crippen molar-refractivity contribution in [3.63, 3.8) is 0 Å². The van der Waals surface area contributed by atoms with Crippen LogP contribution in [0.3, 0.4) is 0 Å². The van der Waals surface area contributed by atoms with E-state index < -0.39 is 0 Å². The summed E-state index contributed by atoms with van der Waals surface area (Å²) in [5.41, 5.74) is 0.304. The molecule has 2 fully saturated rings. The molecule has 2 heteroatoms. The number of hydrogen-bond acceptors (Lipinski definition) is 2. The maximum absolute atomic E-state index is 6.50. The van der Waals surface area contributed by atoms with Gasteiger partial charge in [0, 0.05) is 0 Å². The SMILES string of the molecule is CCCNCC(CC)CC1CCC2(CCCCC2)O1. The Balaban J connectivity index is 1.73. The van der Waals surface area contributed by atoms with Crippen molar-refractivity contribution in [1.82, 2.24) is 5.32 Å². The molecular weight excluding hydrogens is 234 g/mol. The van der Waals surface area contributed by atoms with Gasteiger partial charge in [-0.25, -0.2) is 0 Å². The van der Waals surface area contributed by atoms with E-state index in [0.29, 0.717) is 11.7 Å². The Morgan fingerprint density at radius 2 is 1.95 bits per heavy atom. The van der Waals surface area contributed by atoms with Crippen molar-refractivity contribution in [3.05, 3.63) is 0 Å². The maximum Gasteiger partial charge on any atom is 0.0687 e. The summed E-state index contributed by atoms with van der Waals surface area (Å²) in [4.78, 5) is 0. The van der Waals surface area contributed by atoms with Gasteiger partial charge in [0.15, 0.2) is 0 Å². The summed E-state index contributed by atoms with van der Waals surface area (Å²) in [5, 5.41) is 3.58. The van der Waals surface area contributed by atoms with Crippen molar-refractivity contribution in [2.45, 2.75) is 89.8 Å². The minimum absolute atomic E-state index is 0.304. The molecule has 0 bridgehead atoms. The summed E-state index contributed by atoms with van der Waals surface area (Å²) in [6.07, 6.45) is 13.8. The van der Waals surface area contributed by atoms with Gasteiger partial charge in [-0.05, 0) is 57.5 Å². The second-order valence-electron chi connectivity index (χ2n) is 6.74. The molecular formula is C17H33NO. The minimum atomic E-state index is 0.304. The molecule has 1 saturated heterocycles. The van der Waals surface area contributed by atoms with Gasteiger partial charge in [-0.3, -0.25) is 0 Å². The quantitative estimate of drug-likeness (QED) is 0.695. The molecule has 2 aliphatic rings. The van der Waals surface area contributed by atoms with E-state index in [-0.39, 0.29) is 0 Å². The molecule has 19 heavy (non-hydrogen) atoms. The predicted octanol–water partition coefficient (Wildman–Crippen LogP) is 4.28. The summed E-state index contributed by atoms with van der Waals surface area (Å²) in [6.45, 7) is 6.90. The lowest BCUT2D eigenvalue weighted by atomic mass is 9.83. The standard InChI is InChI=1S/C17H33NO/c1-3-12-18-14-15(4-2)13-16-8-11-17(19-16)9-6-5-7-10-17/h15-16,18H,3-14H2,1-2H3. The number of ether oxygens (including phenoxy) is 1. The first kappa shape index (κ1) is 15.3. The second-order valence-corrected chi connectivity index (χ2v) is 6.74. The molecule has 0 aromatic rings. The van der Waals surface area contributed by atoms with E-state index in [1.54, 1.807) is 0 Å². The van der Waals surface area contributed by atoms with Gasteiger partial charge in [0.05, 0.1) is 11.7 Å². The highest BCUT2D eigenvalue weighted by molar-refractivity contribution is 4.91. The van der Waals surface area contributed by atoms with Crippen molar-refractivity contribution in [1.29, 1.82) is 0 Å². The topological polar surface area (TPSA) is 21.3 Å². The van der Waals surface area contributed by atoms with Crippen molar-refractivity contribution in [3.8, 4) is 0 Å². The number of rotatable bonds is 7. The molecule has 2 nitrogen and oxygen atoms in total. The van der Waals surface area contributed by atoms with E-state index in [0.717, 1.165) is 12.5 Å². The molecule has 0 radical (unpaired) electrons. The fourth-order valence-electron chi connectivity index (χ4n) is 3.87. The molecule has 2 rings (SSSR count). The lowest BCUT2D eigenvalue weighted by Crippen LogP contribution is -2.32. The van der Waals surface area contributed by atoms with Crippen LogP contribution in [-0.4, -0.2) is 24.8 Å². The van der Waals surface area contributed by atoms with Gasteiger partial charge in [0.2, 0.25) is 0 Å². The smallest absolute Gasteiger partial charge is 0.0687 e. The van der Waals surface area contributed by atoms with Gasteiger partial charge in [-0.1, -0.05) is 39.5 Å². The molecule has 1 heterocycles. The second kappa shape index (κ2) is 7.64. The highest BCUT2D eigenvalue weighted by Crippen LogP contribution is 2.43. The highest BCUT2D eigenvalue weighted by Gasteiger charge is 2.40. The Morgan fingerprint density at radius 1 is 1.16 bits per heavy atom. The van der Waals surface area contributed by atoms with Crippen LogP contribution in [0.15, 0.2) is 0 Å². The van der Waals surface area contributed by atoms with Crippen LogP contribution < -0.4 is 5.32 Å². The van der Waals surface area contributed by atoms with Gasteiger partial charge < -0.3 is 10.1 Å². The Kier molecular flexibility index (Phi) is 6.15. The van der Waals surface area contributed by atoms with E-state index in [2.05, 4.69) is 19.2 Å². The van der Waals surface area contributed by atoms with E-state index in [4.69, 9.17) is 4.74 Å². The average Bonchev–Trinajstić information content (AvgIpc) is 2.81. The Labute approximate surface area is 119 Å². The molecule has 1 aliphatic carbocycles. The van der Waals surface area contributed by atoms with Gasteiger partial charge >= 0.3 is 0 Å². The summed E-state index contributed by atoms with van der Waals surface area (Å²) in [6, 6.07) is 0. The fraction of sp³-hybridized carbons (Fsp3) is 1.00. The number of hydrogen-bond donors (Lipinski definition) is 1. The third-order valence-corrected chi connectivity index (χ3v) is 5.14. The molecule has 0 aromatic heterocycles. The van der Waals surface area contributed by atoms with Crippen LogP contribution >= 0.6 is 0 Å². The number of nitrogens with one attached hydrogen (secondary N) is 1. The zero-order chi connectivity index (χ0) is 13.6. The lowest BCUT2D eigenvalue weighted by Gasteiger charge is -2.33. The third-order valence-electron chi connectivity index (χ3n) is 5.14. The molecule has 0 amide bonds. The van der Waals surface area contributed by atoms with Crippen molar-refractivity contribution in [2.75, 3.05) is 13.1 Å². The van der Waals surface area contributed by atoms with E-state index in [1.807, 2.05) is 0 Å². The zero-order valence-corrected chi connectivity index (χ0v) is 13.0. The first-order valence-electron chi connectivity index (χ1n) is 8.66. The lowest BCUT2D eigenvalue weighted by molar-refractivity contribution is -0.0698. The van der Waals surface area contributed by atoms with Crippen LogP contribution in [0.25, 0.3) is 0 Å². The molecule has 1 spiro atoms. The van der Waals surface area contributed by atoms with E-state index >= 15 is 0 Å². The summed E-state index contributed by atoms with van der Waals surface area (Å²) >= 11 is 0. The van der Waals surface area contributed by atoms with Crippen LogP contribution in [0.4, 0.5) is 0 Å². The van der Waals surface area contributed by atoms with Gasteiger partial charge in [-0.2, -0.15) is 0 Å². The van der Waals surface area contributed by atoms with Crippen molar-refractivity contribution < 1.29 is 4.74 Å². The van der Waals surface area contributed by atoms with Crippen LogP contribution in [0.5, 0.6) is 0 Å². The third kappa shape index (κ3) is 4.46. The highest BCUT2D eigenvalue weighted by atomic mass is 16.5. The molecule has 1 N–H and O–H groups in total. The molecule has 1 aliphatic heterocycles.